The van der Waals surface area contributed by atoms with Crippen LogP contribution in [0.15, 0.2) is 47.1 Å². The molecule has 0 saturated carbocycles. The van der Waals surface area contributed by atoms with E-state index in [2.05, 4.69) is 6.92 Å². The molecule has 2 aromatic heterocycles. The Kier molecular flexibility index (Phi) is 5.38. The molecule has 0 unspecified atom stereocenters. The molecule has 0 spiro atoms. The molecule has 7 nitrogen and oxygen atoms in total. The van der Waals surface area contributed by atoms with Gasteiger partial charge in [0, 0.05) is 6.54 Å². The highest BCUT2D eigenvalue weighted by molar-refractivity contribution is 6.08. The van der Waals surface area contributed by atoms with Crippen LogP contribution in [0.2, 0.25) is 0 Å². The number of benzene rings is 1. The van der Waals surface area contributed by atoms with E-state index in [-0.39, 0.29) is 12.5 Å². The number of anilines is 1. The van der Waals surface area contributed by atoms with E-state index in [0.29, 0.717) is 18.3 Å². The summed E-state index contributed by atoms with van der Waals surface area (Å²) in [4.78, 5) is 32.8. The molecule has 29 heavy (non-hydrogen) atoms. The number of para-hydroxylation sites is 2. The summed E-state index contributed by atoms with van der Waals surface area (Å²) >= 11 is 0. The van der Waals surface area contributed by atoms with E-state index in [1.807, 2.05) is 28.8 Å². The zero-order chi connectivity index (χ0) is 20.4. The van der Waals surface area contributed by atoms with Crippen LogP contribution >= 0.6 is 0 Å². The second kappa shape index (κ2) is 8.11. The maximum atomic E-state index is 13.5. The van der Waals surface area contributed by atoms with Gasteiger partial charge in [-0.3, -0.25) is 19.1 Å². The van der Waals surface area contributed by atoms with Crippen LogP contribution in [0.5, 0.6) is 0 Å². The van der Waals surface area contributed by atoms with Gasteiger partial charge >= 0.3 is 5.97 Å². The lowest BCUT2D eigenvalue weighted by Gasteiger charge is -2.36. The number of hydrogen-bond acceptors (Lipinski definition) is 5. The van der Waals surface area contributed by atoms with Crippen LogP contribution in [-0.4, -0.2) is 34.6 Å². The second-order valence-electron chi connectivity index (χ2n) is 7.16. The summed E-state index contributed by atoms with van der Waals surface area (Å²) in [6.07, 6.45) is 4.42. The predicted molar refractivity (Wildman–Crippen MR) is 109 cm³/mol. The molecule has 7 heteroatoms. The fourth-order valence-electron chi connectivity index (χ4n) is 3.99. The average Bonchev–Trinajstić information content (AvgIpc) is 3.37. The number of aromatic nitrogens is 2. The number of rotatable bonds is 7. The summed E-state index contributed by atoms with van der Waals surface area (Å²) < 4.78 is 12.9. The Morgan fingerprint density at radius 2 is 2.00 bits per heavy atom. The minimum Gasteiger partial charge on any atom is -0.467 e. The SMILES string of the molecule is CCCCCN1C(=O)[C@H](C(=O)OCC)[C@H](c2ccco2)n2c1nc1ccccc12. The summed E-state index contributed by atoms with van der Waals surface area (Å²) in [5, 5.41) is 0. The number of furan rings is 1. The number of unbranched alkanes of at least 4 members (excludes halogenated alkanes) is 2. The first-order valence-electron chi connectivity index (χ1n) is 10.2. The highest BCUT2D eigenvalue weighted by Crippen LogP contribution is 2.41. The number of nitrogens with zero attached hydrogens (tertiary/aromatic N) is 3. The second-order valence-corrected chi connectivity index (χ2v) is 7.16. The van der Waals surface area contributed by atoms with Gasteiger partial charge in [0.05, 0.1) is 23.9 Å². The first-order valence-corrected chi connectivity index (χ1v) is 10.2. The Morgan fingerprint density at radius 3 is 2.72 bits per heavy atom. The first-order chi connectivity index (χ1) is 14.2. The molecule has 152 valence electrons. The van der Waals surface area contributed by atoms with E-state index in [4.69, 9.17) is 14.1 Å². The summed E-state index contributed by atoms with van der Waals surface area (Å²) in [6, 6.07) is 10.6. The van der Waals surface area contributed by atoms with Gasteiger partial charge in [-0.05, 0) is 37.6 Å². The van der Waals surface area contributed by atoms with Gasteiger partial charge in [-0.2, -0.15) is 0 Å². The summed E-state index contributed by atoms with van der Waals surface area (Å²) in [7, 11) is 0. The maximum Gasteiger partial charge on any atom is 0.321 e. The molecule has 0 aliphatic carbocycles. The van der Waals surface area contributed by atoms with Crippen molar-refractivity contribution >= 4 is 28.9 Å². The van der Waals surface area contributed by atoms with Crippen molar-refractivity contribution < 1.29 is 18.7 Å². The van der Waals surface area contributed by atoms with Crippen molar-refractivity contribution in [3.8, 4) is 0 Å². The van der Waals surface area contributed by atoms with Crippen LogP contribution in [0.1, 0.15) is 44.9 Å². The molecule has 0 N–H and O–H groups in total. The maximum absolute atomic E-state index is 13.5. The molecule has 0 radical (unpaired) electrons. The van der Waals surface area contributed by atoms with Crippen molar-refractivity contribution in [3.05, 3.63) is 48.4 Å². The molecule has 4 rings (SSSR count). The lowest BCUT2D eigenvalue weighted by molar-refractivity contribution is -0.153. The van der Waals surface area contributed by atoms with E-state index in [0.717, 1.165) is 30.3 Å². The Balaban J connectivity index is 1.91. The number of fused-ring (bicyclic) bond motifs is 3. The van der Waals surface area contributed by atoms with Gasteiger partial charge in [0.2, 0.25) is 11.9 Å². The predicted octanol–water partition coefficient (Wildman–Crippen LogP) is 3.93. The smallest absolute Gasteiger partial charge is 0.321 e. The molecule has 1 aliphatic heterocycles. The molecule has 2 atom stereocenters. The lowest BCUT2D eigenvalue weighted by atomic mass is 9.93. The van der Waals surface area contributed by atoms with Gasteiger partial charge in [0.15, 0.2) is 5.92 Å². The molecule has 1 aliphatic rings. The van der Waals surface area contributed by atoms with Crippen LogP contribution < -0.4 is 4.90 Å². The highest BCUT2D eigenvalue weighted by atomic mass is 16.5. The van der Waals surface area contributed by atoms with E-state index < -0.39 is 17.9 Å². The van der Waals surface area contributed by atoms with Gasteiger partial charge < -0.3 is 9.15 Å². The minimum atomic E-state index is -1.02. The van der Waals surface area contributed by atoms with Gasteiger partial charge in [0.25, 0.3) is 0 Å². The number of imidazole rings is 1. The van der Waals surface area contributed by atoms with Gasteiger partial charge in [-0.25, -0.2) is 4.98 Å². The molecular formula is C22H25N3O4. The fourth-order valence-corrected chi connectivity index (χ4v) is 3.99. The number of ether oxygens (including phenoxy) is 1. The van der Waals surface area contributed by atoms with Gasteiger partial charge in [-0.15, -0.1) is 0 Å². The Hall–Kier alpha value is -3.09. The molecule has 0 saturated heterocycles. The van der Waals surface area contributed by atoms with Crippen LogP contribution in [0.4, 0.5) is 5.95 Å². The molecule has 1 amide bonds. The third-order valence-corrected chi connectivity index (χ3v) is 5.31. The summed E-state index contributed by atoms with van der Waals surface area (Å²) in [5.74, 6) is -0.761. The quantitative estimate of drug-likeness (QED) is 0.344. The zero-order valence-electron chi connectivity index (χ0n) is 16.7. The number of carbonyl (C=O) groups is 2. The van der Waals surface area contributed by atoms with E-state index >= 15 is 0 Å². The molecule has 3 heterocycles. The Bertz CT molecular complexity index is 1010. The average molecular weight is 395 g/mol. The number of hydrogen-bond donors (Lipinski definition) is 0. The topological polar surface area (TPSA) is 77.6 Å². The van der Waals surface area contributed by atoms with Gasteiger partial charge in [0.1, 0.15) is 11.8 Å². The first kappa shape index (κ1) is 19.2. The van der Waals surface area contributed by atoms with Crippen LogP contribution in [0.25, 0.3) is 11.0 Å². The normalized spacial score (nSPS) is 18.8. The van der Waals surface area contributed by atoms with E-state index in [1.165, 1.54) is 0 Å². The number of amides is 1. The van der Waals surface area contributed by atoms with Crippen molar-refractivity contribution in [2.45, 2.75) is 39.2 Å². The fraction of sp³-hybridized carbons (Fsp3) is 0.409. The number of esters is 1. The number of carbonyl (C=O) groups excluding carboxylic acids is 2. The van der Waals surface area contributed by atoms with Crippen LogP contribution in [0.3, 0.4) is 0 Å². The third-order valence-electron chi connectivity index (χ3n) is 5.31. The highest BCUT2D eigenvalue weighted by Gasteiger charge is 2.48. The standard InChI is InChI=1S/C22H25N3O4/c1-3-5-8-13-24-20(26)18(21(27)28-4-2)19(17-12-9-14-29-17)25-16-11-7-6-10-15(16)23-22(24)25/h6-7,9-12,14,18-19H,3-5,8,13H2,1-2H3/t18-,19+/m1/s1. The lowest BCUT2D eigenvalue weighted by Crippen LogP contribution is -2.50. The van der Waals surface area contributed by atoms with Crippen molar-refractivity contribution in [3.63, 3.8) is 0 Å². The van der Waals surface area contributed by atoms with Crippen LogP contribution in [0, 0.1) is 5.92 Å². The van der Waals surface area contributed by atoms with Crippen molar-refractivity contribution in [1.29, 1.82) is 0 Å². The molecule has 1 aromatic carbocycles. The summed E-state index contributed by atoms with van der Waals surface area (Å²) in [6.45, 7) is 4.57. The van der Waals surface area contributed by atoms with Crippen molar-refractivity contribution in [2.75, 3.05) is 18.1 Å². The largest absolute Gasteiger partial charge is 0.467 e. The third kappa shape index (κ3) is 3.30. The molecule has 0 bridgehead atoms. The Morgan fingerprint density at radius 1 is 1.17 bits per heavy atom. The minimum absolute atomic E-state index is 0.209. The zero-order valence-corrected chi connectivity index (χ0v) is 16.7. The molecule has 3 aromatic rings. The van der Waals surface area contributed by atoms with E-state index in [9.17, 15) is 9.59 Å². The molecule has 0 fully saturated rings. The van der Waals surface area contributed by atoms with E-state index in [1.54, 1.807) is 30.2 Å². The van der Waals surface area contributed by atoms with Gasteiger partial charge in [-0.1, -0.05) is 31.9 Å². The monoisotopic (exact) mass is 395 g/mol. The Labute approximate surface area is 169 Å². The van der Waals surface area contributed by atoms with Crippen molar-refractivity contribution in [1.82, 2.24) is 9.55 Å². The van der Waals surface area contributed by atoms with Crippen molar-refractivity contribution in [2.24, 2.45) is 5.92 Å². The van der Waals surface area contributed by atoms with Crippen LogP contribution in [-0.2, 0) is 14.3 Å². The summed E-state index contributed by atoms with van der Waals surface area (Å²) in [5.41, 5.74) is 1.63. The molecular weight excluding hydrogens is 370 g/mol.